The van der Waals surface area contributed by atoms with Gasteiger partial charge in [0.15, 0.2) is 0 Å². The van der Waals surface area contributed by atoms with Gasteiger partial charge < -0.3 is 20.5 Å². The zero-order valence-electron chi connectivity index (χ0n) is 14.5. The van der Waals surface area contributed by atoms with Crippen molar-refractivity contribution < 1.29 is 19.4 Å². The van der Waals surface area contributed by atoms with Gasteiger partial charge in [-0.2, -0.15) is 0 Å². The maximum absolute atomic E-state index is 12.6. The molecule has 2 aromatic carbocycles. The molecule has 0 bridgehead atoms. The first-order valence-electron chi connectivity index (χ1n) is 8.28. The lowest BCUT2D eigenvalue weighted by Crippen LogP contribution is -2.41. The maximum Gasteiger partial charge on any atom is 0.326 e. The number of fused-ring (bicyclic) bond motifs is 1. The van der Waals surface area contributed by atoms with Crippen molar-refractivity contribution in [1.82, 2.24) is 5.32 Å². The van der Waals surface area contributed by atoms with Crippen LogP contribution in [0.15, 0.2) is 36.4 Å². The minimum Gasteiger partial charge on any atom is -0.496 e. The van der Waals surface area contributed by atoms with Gasteiger partial charge in [-0.25, -0.2) is 4.79 Å². The van der Waals surface area contributed by atoms with Gasteiger partial charge in [0.05, 0.1) is 19.6 Å². The van der Waals surface area contributed by atoms with Crippen LogP contribution >= 0.6 is 23.2 Å². The number of carboxylic acid groups (broad SMARTS) is 1. The number of nitrogens with one attached hydrogen (secondary N) is 2. The average Bonchev–Trinajstić information content (AvgIpc) is 2.61. The van der Waals surface area contributed by atoms with Gasteiger partial charge in [-0.05, 0) is 18.2 Å². The lowest BCUT2D eigenvalue weighted by molar-refractivity contribution is -0.138. The molecule has 0 saturated carbocycles. The number of ether oxygens (including phenoxy) is 1. The number of carbonyl (C=O) groups excluding carboxylic acids is 1. The number of carbonyl (C=O) groups is 2. The van der Waals surface area contributed by atoms with Crippen LogP contribution in [0.5, 0.6) is 5.75 Å². The van der Waals surface area contributed by atoms with E-state index < -0.39 is 18.1 Å². The van der Waals surface area contributed by atoms with Gasteiger partial charge in [0, 0.05) is 33.3 Å². The van der Waals surface area contributed by atoms with E-state index in [-0.39, 0.29) is 18.7 Å². The van der Waals surface area contributed by atoms with E-state index in [1.165, 1.54) is 0 Å². The molecule has 2 atom stereocenters. The molecule has 3 N–H and O–H groups in total. The summed E-state index contributed by atoms with van der Waals surface area (Å²) in [5.41, 5.74) is 1.88. The zero-order chi connectivity index (χ0) is 19.6. The summed E-state index contributed by atoms with van der Waals surface area (Å²) >= 11 is 12.3. The normalized spacial score (nSPS) is 18.2. The number of para-hydroxylation sites is 1. The van der Waals surface area contributed by atoms with Crippen LogP contribution in [-0.4, -0.2) is 30.1 Å². The third kappa shape index (κ3) is 4.28. The monoisotopic (exact) mass is 408 g/mol. The van der Waals surface area contributed by atoms with E-state index in [9.17, 15) is 14.7 Å². The fourth-order valence-electron chi connectivity index (χ4n) is 3.22. The van der Waals surface area contributed by atoms with Crippen molar-refractivity contribution in [3.63, 3.8) is 0 Å². The number of rotatable bonds is 5. The average molecular weight is 409 g/mol. The third-order valence-electron chi connectivity index (χ3n) is 4.42. The highest BCUT2D eigenvalue weighted by molar-refractivity contribution is 6.35. The molecule has 0 aliphatic carbocycles. The minimum absolute atomic E-state index is 0.103. The Hall–Kier alpha value is -2.44. The molecule has 0 fully saturated rings. The highest BCUT2D eigenvalue weighted by Gasteiger charge is 2.33. The lowest BCUT2D eigenvalue weighted by Gasteiger charge is -2.32. The van der Waals surface area contributed by atoms with Gasteiger partial charge >= 0.3 is 5.97 Å². The summed E-state index contributed by atoms with van der Waals surface area (Å²) in [5.74, 6) is -0.653. The first-order chi connectivity index (χ1) is 12.9. The molecule has 3 rings (SSSR count). The number of carboxylic acids is 1. The Morgan fingerprint density at radius 1 is 1.30 bits per heavy atom. The number of aliphatic carboxylic acids is 1. The number of methoxy groups -OCH3 is 1. The van der Waals surface area contributed by atoms with Gasteiger partial charge in [0.2, 0.25) is 5.91 Å². The molecule has 142 valence electrons. The summed E-state index contributed by atoms with van der Waals surface area (Å²) in [7, 11) is 1.54. The molecule has 0 unspecified atom stereocenters. The quantitative estimate of drug-likeness (QED) is 0.702. The van der Waals surface area contributed by atoms with Gasteiger partial charge in [0.25, 0.3) is 0 Å². The first kappa shape index (κ1) is 19.3. The molecule has 8 heteroatoms. The van der Waals surface area contributed by atoms with Crippen molar-refractivity contribution in [2.45, 2.75) is 24.9 Å². The molecular formula is C19H18Cl2N2O4. The summed E-state index contributed by atoms with van der Waals surface area (Å²) in [6.07, 6.45) is 0.271. The van der Waals surface area contributed by atoms with Crippen molar-refractivity contribution in [2.75, 3.05) is 12.4 Å². The molecule has 1 aliphatic heterocycles. The second-order valence-corrected chi connectivity index (χ2v) is 7.07. The van der Waals surface area contributed by atoms with Crippen LogP contribution in [0.25, 0.3) is 0 Å². The SMILES string of the molecule is COc1ccccc1CC(=O)N[C@H]1C[C@H](C(=O)O)Nc2cc(Cl)cc(Cl)c21. The number of hydrogen-bond acceptors (Lipinski definition) is 4. The highest BCUT2D eigenvalue weighted by atomic mass is 35.5. The summed E-state index contributed by atoms with van der Waals surface area (Å²) in [4.78, 5) is 24.1. The number of anilines is 1. The van der Waals surface area contributed by atoms with E-state index in [0.29, 0.717) is 27.0 Å². The molecule has 2 aromatic rings. The first-order valence-corrected chi connectivity index (χ1v) is 9.04. The predicted molar refractivity (Wildman–Crippen MR) is 104 cm³/mol. The van der Waals surface area contributed by atoms with Crippen LogP contribution in [0.4, 0.5) is 5.69 Å². The van der Waals surface area contributed by atoms with Crippen molar-refractivity contribution in [1.29, 1.82) is 0 Å². The van der Waals surface area contributed by atoms with E-state index in [1.807, 2.05) is 18.2 Å². The highest BCUT2D eigenvalue weighted by Crippen LogP contribution is 2.40. The van der Waals surface area contributed by atoms with Gasteiger partial charge in [0.1, 0.15) is 11.8 Å². The van der Waals surface area contributed by atoms with Gasteiger partial charge in [-0.15, -0.1) is 0 Å². The number of halogens is 2. The fourth-order valence-corrected chi connectivity index (χ4v) is 3.84. The Labute approximate surface area is 166 Å². The van der Waals surface area contributed by atoms with E-state index >= 15 is 0 Å². The summed E-state index contributed by atoms with van der Waals surface area (Å²) < 4.78 is 5.27. The second kappa shape index (κ2) is 8.06. The van der Waals surface area contributed by atoms with Crippen LogP contribution in [0.1, 0.15) is 23.6 Å². The Balaban J connectivity index is 1.85. The van der Waals surface area contributed by atoms with Gasteiger partial charge in [-0.3, -0.25) is 4.79 Å². The number of amides is 1. The van der Waals surface area contributed by atoms with E-state index in [0.717, 1.165) is 5.56 Å². The molecule has 0 aromatic heterocycles. The summed E-state index contributed by atoms with van der Waals surface area (Å²) in [5, 5.41) is 16.0. The van der Waals surface area contributed by atoms with Gasteiger partial charge in [-0.1, -0.05) is 41.4 Å². The maximum atomic E-state index is 12.6. The third-order valence-corrected chi connectivity index (χ3v) is 4.95. The van der Waals surface area contributed by atoms with Crippen molar-refractivity contribution >= 4 is 40.8 Å². The molecule has 0 saturated heterocycles. The Morgan fingerprint density at radius 2 is 2.04 bits per heavy atom. The molecule has 6 nitrogen and oxygen atoms in total. The summed E-state index contributed by atoms with van der Waals surface area (Å²) in [6, 6.07) is 9.01. The van der Waals surface area contributed by atoms with Crippen molar-refractivity contribution in [3.05, 3.63) is 57.6 Å². The second-order valence-electron chi connectivity index (χ2n) is 6.23. The fraction of sp³-hybridized carbons (Fsp3) is 0.263. The van der Waals surface area contributed by atoms with E-state index in [1.54, 1.807) is 25.3 Å². The summed E-state index contributed by atoms with van der Waals surface area (Å²) in [6.45, 7) is 0. The van der Waals surface area contributed by atoms with Crippen LogP contribution in [0.2, 0.25) is 10.0 Å². The molecule has 1 aliphatic rings. The Morgan fingerprint density at radius 3 is 2.74 bits per heavy atom. The molecule has 27 heavy (non-hydrogen) atoms. The zero-order valence-corrected chi connectivity index (χ0v) is 16.0. The lowest BCUT2D eigenvalue weighted by atomic mass is 9.92. The number of hydrogen-bond donors (Lipinski definition) is 3. The van der Waals surface area contributed by atoms with Crippen molar-refractivity contribution in [3.8, 4) is 5.75 Å². The molecule has 0 spiro atoms. The molecular weight excluding hydrogens is 391 g/mol. The predicted octanol–water partition coefficient (Wildman–Crippen LogP) is 3.67. The van der Waals surface area contributed by atoms with Crippen LogP contribution in [-0.2, 0) is 16.0 Å². The standard InChI is InChI=1S/C19H18Cl2N2O4/c1-27-16-5-3-2-4-10(16)6-17(24)23-14-9-15(19(25)26)22-13-8-11(20)7-12(21)18(13)14/h2-5,7-8,14-15,22H,6,9H2,1H3,(H,23,24)(H,25,26)/t14-,15+/m0/s1. The van der Waals surface area contributed by atoms with E-state index in [2.05, 4.69) is 10.6 Å². The van der Waals surface area contributed by atoms with Crippen LogP contribution < -0.4 is 15.4 Å². The number of benzene rings is 2. The topological polar surface area (TPSA) is 87.7 Å². The Kier molecular flexibility index (Phi) is 5.77. The van der Waals surface area contributed by atoms with Crippen molar-refractivity contribution in [2.24, 2.45) is 0 Å². The Bertz CT molecular complexity index is 888. The minimum atomic E-state index is -1.01. The largest absolute Gasteiger partial charge is 0.496 e. The molecule has 0 radical (unpaired) electrons. The van der Waals surface area contributed by atoms with Crippen LogP contribution in [0, 0.1) is 0 Å². The van der Waals surface area contributed by atoms with Crippen LogP contribution in [0.3, 0.4) is 0 Å². The van der Waals surface area contributed by atoms with E-state index in [4.69, 9.17) is 27.9 Å². The molecule has 1 amide bonds. The smallest absolute Gasteiger partial charge is 0.326 e. The molecule has 1 heterocycles.